The third-order valence-electron chi connectivity index (χ3n) is 4.79. The molecule has 0 aliphatic heterocycles. The molecular weight excluding hydrogens is 406 g/mol. The van der Waals surface area contributed by atoms with Crippen LogP contribution in [0.5, 0.6) is 0 Å². The number of amides is 3. The van der Waals surface area contributed by atoms with Gasteiger partial charge >= 0.3 is 6.09 Å². The van der Waals surface area contributed by atoms with Gasteiger partial charge in [0.25, 0.3) is 0 Å². The molecule has 1 aromatic rings. The van der Waals surface area contributed by atoms with Crippen LogP contribution in [0.3, 0.4) is 0 Å². The van der Waals surface area contributed by atoms with Gasteiger partial charge in [-0.1, -0.05) is 31.4 Å². The third kappa shape index (κ3) is 8.26. The van der Waals surface area contributed by atoms with Crippen LogP contribution < -0.4 is 10.6 Å². The average molecular weight is 444 g/mol. The summed E-state index contributed by atoms with van der Waals surface area (Å²) in [6.45, 7) is 12.9. The summed E-state index contributed by atoms with van der Waals surface area (Å²) in [5.74, 6) is 1.89. The number of ether oxygens (including phenoxy) is 1. The Morgan fingerprint density at radius 2 is 1.69 bits per heavy atom. The van der Waals surface area contributed by atoms with Crippen LogP contribution in [0.15, 0.2) is 24.3 Å². The van der Waals surface area contributed by atoms with Crippen LogP contribution >= 0.6 is 0 Å². The molecule has 0 aliphatic carbocycles. The molecule has 7 nitrogen and oxygen atoms in total. The third-order valence-corrected chi connectivity index (χ3v) is 4.79. The number of rotatable bonds is 9. The van der Waals surface area contributed by atoms with Crippen molar-refractivity contribution < 1.29 is 19.1 Å². The van der Waals surface area contributed by atoms with Crippen molar-refractivity contribution in [1.29, 1.82) is 0 Å². The van der Waals surface area contributed by atoms with Gasteiger partial charge in [-0.05, 0) is 65.7 Å². The van der Waals surface area contributed by atoms with Gasteiger partial charge < -0.3 is 20.3 Å². The summed E-state index contributed by atoms with van der Waals surface area (Å²) in [6, 6.07) is 5.22. The molecule has 3 unspecified atom stereocenters. The number of nitrogens with zero attached hydrogens (tertiary/aromatic N) is 1. The molecule has 32 heavy (non-hydrogen) atoms. The SMILES string of the molecule is C#Cc1ccc(C(C(=O)NC(C)CCC)N(CC)C(=O)C(C)NC(=O)OC(C)(C)C)cc1. The maximum atomic E-state index is 13.3. The van der Waals surface area contributed by atoms with Crippen molar-refractivity contribution in [3.8, 4) is 12.3 Å². The summed E-state index contributed by atoms with van der Waals surface area (Å²) in [7, 11) is 0. The lowest BCUT2D eigenvalue weighted by molar-refractivity contribution is -0.142. The molecule has 3 atom stereocenters. The molecule has 0 saturated heterocycles. The molecular formula is C25H37N3O4. The van der Waals surface area contributed by atoms with Crippen molar-refractivity contribution in [3.63, 3.8) is 0 Å². The van der Waals surface area contributed by atoms with E-state index >= 15 is 0 Å². The van der Waals surface area contributed by atoms with Crippen LogP contribution in [0.2, 0.25) is 0 Å². The fraction of sp³-hybridized carbons (Fsp3) is 0.560. The first-order valence-electron chi connectivity index (χ1n) is 11.1. The zero-order valence-corrected chi connectivity index (χ0v) is 20.3. The first kappa shape index (κ1) is 27.0. The van der Waals surface area contributed by atoms with Crippen LogP contribution in [-0.2, 0) is 14.3 Å². The number of carbonyl (C=O) groups is 3. The first-order chi connectivity index (χ1) is 14.9. The Balaban J connectivity index is 3.19. The lowest BCUT2D eigenvalue weighted by Crippen LogP contribution is -2.52. The van der Waals surface area contributed by atoms with E-state index in [9.17, 15) is 14.4 Å². The highest BCUT2D eigenvalue weighted by Crippen LogP contribution is 2.23. The Morgan fingerprint density at radius 3 is 2.16 bits per heavy atom. The Morgan fingerprint density at radius 1 is 1.09 bits per heavy atom. The normalized spacial score (nSPS) is 13.8. The number of benzene rings is 1. The molecule has 7 heteroatoms. The van der Waals surface area contributed by atoms with Crippen LogP contribution in [-0.4, -0.2) is 47.0 Å². The summed E-state index contributed by atoms with van der Waals surface area (Å²) in [5.41, 5.74) is 0.639. The molecule has 2 N–H and O–H groups in total. The quantitative estimate of drug-likeness (QED) is 0.569. The van der Waals surface area contributed by atoms with Crippen LogP contribution in [0.25, 0.3) is 0 Å². The van der Waals surface area contributed by atoms with Gasteiger partial charge in [-0.2, -0.15) is 0 Å². The molecule has 176 valence electrons. The fourth-order valence-electron chi connectivity index (χ4n) is 3.32. The number of likely N-dealkylation sites (N-methyl/N-ethyl adjacent to an activating group) is 1. The molecule has 0 aliphatic rings. The number of hydrogen-bond donors (Lipinski definition) is 2. The molecule has 0 bridgehead atoms. The molecule has 0 heterocycles. The van der Waals surface area contributed by atoms with Crippen molar-refractivity contribution in [2.75, 3.05) is 6.54 Å². The van der Waals surface area contributed by atoms with Crippen molar-refractivity contribution in [3.05, 3.63) is 35.4 Å². The van der Waals surface area contributed by atoms with Gasteiger partial charge in [0.05, 0.1) is 0 Å². The summed E-state index contributed by atoms with van der Waals surface area (Å²) in [5, 5.41) is 5.57. The molecule has 1 rings (SSSR count). The Kier molecular flexibility index (Phi) is 10.2. The van der Waals surface area contributed by atoms with Crippen molar-refractivity contribution in [2.24, 2.45) is 0 Å². The summed E-state index contributed by atoms with van der Waals surface area (Å²) in [4.78, 5) is 40.1. The van der Waals surface area contributed by atoms with E-state index in [1.165, 1.54) is 4.90 Å². The van der Waals surface area contributed by atoms with E-state index in [-0.39, 0.29) is 24.4 Å². The van der Waals surface area contributed by atoms with Gasteiger partial charge in [0.1, 0.15) is 17.7 Å². The molecule has 0 aromatic heterocycles. The van der Waals surface area contributed by atoms with Gasteiger partial charge in [0.15, 0.2) is 0 Å². The molecule has 0 fully saturated rings. The number of hydrogen-bond acceptors (Lipinski definition) is 4. The second-order valence-electron chi connectivity index (χ2n) is 8.86. The topological polar surface area (TPSA) is 87.7 Å². The highest BCUT2D eigenvalue weighted by Gasteiger charge is 2.34. The Bertz CT molecular complexity index is 821. The van der Waals surface area contributed by atoms with E-state index in [2.05, 4.69) is 16.6 Å². The molecule has 0 saturated carbocycles. The summed E-state index contributed by atoms with van der Waals surface area (Å²) in [6.07, 6.45) is 6.52. The lowest BCUT2D eigenvalue weighted by atomic mass is 10.0. The van der Waals surface area contributed by atoms with E-state index in [4.69, 9.17) is 11.2 Å². The van der Waals surface area contributed by atoms with E-state index in [0.717, 1.165) is 12.8 Å². The number of alkyl carbamates (subject to hydrolysis) is 1. The molecule has 1 aromatic carbocycles. The van der Waals surface area contributed by atoms with Gasteiger partial charge in [-0.25, -0.2) is 4.79 Å². The summed E-state index contributed by atoms with van der Waals surface area (Å²) >= 11 is 0. The number of carbonyl (C=O) groups excluding carboxylic acids is 3. The second-order valence-corrected chi connectivity index (χ2v) is 8.86. The smallest absolute Gasteiger partial charge is 0.408 e. The highest BCUT2D eigenvalue weighted by atomic mass is 16.6. The minimum Gasteiger partial charge on any atom is -0.444 e. The second kappa shape index (κ2) is 12.1. The van der Waals surface area contributed by atoms with Gasteiger partial charge in [-0.3, -0.25) is 9.59 Å². The standard InChI is InChI=1S/C25H37N3O4/c1-9-12-17(4)26-22(29)21(20-15-13-19(10-2)14-16-20)28(11-3)23(30)18(5)27-24(31)32-25(6,7)8/h2,13-18,21H,9,11-12H2,1,3-8H3,(H,26,29)(H,27,31). The Labute approximate surface area is 192 Å². The molecule has 3 amide bonds. The lowest BCUT2D eigenvalue weighted by Gasteiger charge is -2.33. The zero-order valence-electron chi connectivity index (χ0n) is 20.3. The van der Waals surface area contributed by atoms with E-state index < -0.39 is 23.8 Å². The number of terminal acetylenes is 1. The predicted molar refractivity (Wildman–Crippen MR) is 126 cm³/mol. The predicted octanol–water partition coefficient (Wildman–Crippen LogP) is 3.78. The molecule has 0 spiro atoms. The van der Waals surface area contributed by atoms with E-state index in [1.54, 1.807) is 58.9 Å². The molecule has 0 radical (unpaired) electrons. The van der Waals surface area contributed by atoms with Crippen LogP contribution in [0.4, 0.5) is 4.79 Å². The van der Waals surface area contributed by atoms with Gasteiger partial charge in [0, 0.05) is 18.2 Å². The number of nitrogens with one attached hydrogen (secondary N) is 2. The average Bonchev–Trinajstić information content (AvgIpc) is 2.70. The summed E-state index contributed by atoms with van der Waals surface area (Å²) < 4.78 is 5.25. The van der Waals surface area contributed by atoms with Crippen LogP contribution in [0, 0.1) is 12.3 Å². The fourth-order valence-corrected chi connectivity index (χ4v) is 3.32. The zero-order chi connectivity index (χ0) is 24.5. The minimum absolute atomic E-state index is 0.0360. The first-order valence-corrected chi connectivity index (χ1v) is 11.1. The van der Waals surface area contributed by atoms with Crippen molar-refractivity contribution in [2.45, 2.75) is 85.0 Å². The Hall–Kier alpha value is -3.01. The van der Waals surface area contributed by atoms with Crippen molar-refractivity contribution in [1.82, 2.24) is 15.5 Å². The van der Waals surface area contributed by atoms with Crippen molar-refractivity contribution >= 4 is 17.9 Å². The van der Waals surface area contributed by atoms with E-state index in [0.29, 0.717) is 11.1 Å². The monoisotopic (exact) mass is 443 g/mol. The maximum Gasteiger partial charge on any atom is 0.408 e. The largest absolute Gasteiger partial charge is 0.444 e. The highest BCUT2D eigenvalue weighted by molar-refractivity contribution is 5.92. The van der Waals surface area contributed by atoms with E-state index in [1.807, 2.05) is 13.8 Å². The minimum atomic E-state index is -0.877. The van der Waals surface area contributed by atoms with Gasteiger partial charge in [0.2, 0.25) is 11.8 Å². The van der Waals surface area contributed by atoms with Crippen LogP contribution in [0.1, 0.15) is 78.5 Å². The maximum absolute atomic E-state index is 13.3. The van der Waals surface area contributed by atoms with Gasteiger partial charge in [-0.15, -0.1) is 6.42 Å².